The van der Waals surface area contributed by atoms with Gasteiger partial charge in [0.05, 0.1) is 22.0 Å². The number of aromatic hydroxyl groups is 1. The van der Waals surface area contributed by atoms with E-state index in [1.807, 2.05) is 0 Å². The molecule has 2 fully saturated rings. The van der Waals surface area contributed by atoms with Crippen LogP contribution in [0.2, 0.25) is 0 Å². The molecule has 4 aromatic rings. The van der Waals surface area contributed by atoms with Crippen LogP contribution in [0.1, 0.15) is 41.0 Å². The Morgan fingerprint density at radius 2 is 2.00 bits per heavy atom. The topological polar surface area (TPSA) is 145 Å². The molecule has 0 radical (unpaired) electrons. The lowest BCUT2D eigenvalue weighted by Gasteiger charge is -2.31. The number of carbonyl (C=O) groups is 1. The number of hydrogen-bond acceptors (Lipinski definition) is 8. The van der Waals surface area contributed by atoms with E-state index >= 15 is 0 Å². The lowest BCUT2D eigenvalue weighted by atomic mass is 10.1. The van der Waals surface area contributed by atoms with Crippen molar-refractivity contribution in [2.45, 2.75) is 37.6 Å². The number of thiophene rings is 1. The summed E-state index contributed by atoms with van der Waals surface area (Å²) in [5.41, 5.74) is 0.374. The predicted octanol–water partition coefficient (Wildman–Crippen LogP) is 1.06. The van der Waals surface area contributed by atoms with Gasteiger partial charge in [0.1, 0.15) is 5.69 Å². The average molecular weight is 515 g/mol. The van der Waals surface area contributed by atoms with Crippen LogP contribution in [-0.2, 0) is 0 Å². The van der Waals surface area contributed by atoms with Crippen LogP contribution in [-0.4, -0.2) is 70.5 Å². The van der Waals surface area contributed by atoms with Crippen molar-refractivity contribution in [3.8, 4) is 16.6 Å². The molecular formula is C22H20F2N8O3S. The Morgan fingerprint density at radius 1 is 1.22 bits per heavy atom. The third kappa shape index (κ3) is 4.27. The molecule has 1 aliphatic heterocycles. The first kappa shape index (κ1) is 22.5. The van der Waals surface area contributed by atoms with Gasteiger partial charge in [-0.15, -0.1) is 11.3 Å². The third-order valence-corrected chi connectivity index (χ3v) is 7.15. The van der Waals surface area contributed by atoms with Crippen LogP contribution in [0, 0.1) is 0 Å². The fourth-order valence-electron chi connectivity index (χ4n) is 3.96. The van der Waals surface area contributed by atoms with Crippen LogP contribution in [0.15, 0.2) is 28.1 Å². The first-order valence-electron chi connectivity index (χ1n) is 11.4. The van der Waals surface area contributed by atoms with Gasteiger partial charge < -0.3 is 15.0 Å². The van der Waals surface area contributed by atoms with Crippen LogP contribution in [0.3, 0.4) is 0 Å². The summed E-state index contributed by atoms with van der Waals surface area (Å²) in [7, 11) is 0. The van der Waals surface area contributed by atoms with E-state index in [4.69, 9.17) is 0 Å². The zero-order valence-electron chi connectivity index (χ0n) is 18.7. The minimum atomic E-state index is -2.73. The Bertz CT molecular complexity index is 1660. The molecule has 1 saturated carbocycles. The van der Waals surface area contributed by atoms with Crippen LogP contribution in [0.4, 0.5) is 8.78 Å². The van der Waals surface area contributed by atoms with Crippen molar-refractivity contribution >= 4 is 29.0 Å². The van der Waals surface area contributed by atoms with Gasteiger partial charge in [-0.2, -0.15) is 14.6 Å². The fraction of sp³-hybridized carbons (Fsp3) is 0.364. The summed E-state index contributed by atoms with van der Waals surface area (Å²) in [5.74, 6) is -3.01. The van der Waals surface area contributed by atoms with Gasteiger partial charge >= 0.3 is 5.69 Å². The van der Waals surface area contributed by atoms with E-state index < -0.39 is 11.6 Å². The molecule has 4 aromatic heterocycles. The maximum atomic E-state index is 13.5. The Morgan fingerprint density at radius 3 is 2.69 bits per heavy atom. The number of aromatic nitrogens is 6. The molecule has 36 heavy (non-hydrogen) atoms. The van der Waals surface area contributed by atoms with E-state index in [0.29, 0.717) is 32.1 Å². The minimum absolute atomic E-state index is 0.00898. The number of rotatable bonds is 4. The largest absolute Gasteiger partial charge is 0.493 e. The minimum Gasteiger partial charge on any atom is -0.493 e. The van der Waals surface area contributed by atoms with E-state index in [0.717, 1.165) is 12.8 Å². The number of hydrogen-bond donors (Lipinski definition) is 3. The number of aromatic amines is 2. The smallest absolute Gasteiger partial charge is 0.326 e. The molecule has 0 unspecified atom stereocenters. The number of nitrogens with one attached hydrogen (secondary N) is 2. The van der Waals surface area contributed by atoms with Crippen molar-refractivity contribution in [2.75, 3.05) is 13.1 Å². The molecule has 0 atom stereocenters. The first-order chi connectivity index (χ1) is 17.3. The van der Waals surface area contributed by atoms with Crippen molar-refractivity contribution in [1.29, 1.82) is 0 Å². The number of piperidine rings is 1. The van der Waals surface area contributed by atoms with Crippen LogP contribution < -0.4 is 16.5 Å². The average Bonchev–Trinajstić information content (AvgIpc) is 3.22. The van der Waals surface area contributed by atoms with Crippen molar-refractivity contribution in [2.24, 2.45) is 4.99 Å². The van der Waals surface area contributed by atoms with Gasteiger partial charge in [-0.3, -0.25) is 9.78 Å². The number of amides is 1. The number of fused-ring (bicyclic) bond motifs is 1. The highest BCUT2D eigenvalue weighted by molar-refractivity contribution is 7.17. The third-order valence-electron chi connectivity index (χ3n) is 6.08. The molecule has 6 rings (SSSR count). The second kappa shape index (κ2) is 8.33. The SMILES string of the molecule is O=C(c1ccc(-c2nc(=NC3CC3)n3nc/c(=C/c4[nH]c(=O)[nH]c4O)c3n2)s1)N1CCC(F)(F)CC1. The Kier molecular flexibility index (Phi) is 5.21. The molecule has 0 spiro atoms. The molecule has 0 aromatic carbocycles. The van der Waals surface area contributed by atoms with Crippen molar-refractivity contribution in [3.63, 3.8) is 0 Å². The molecule has 3 N–H and O–H groups in total. The summed E-state index contributed by atoms with van der Waals surface area (Å²) in [6.07, 6.45) is 4.28. The normalized spacial score (nSPS) is 18.9. The molecule has 1 aliphatic carbocycles. The summed E-state index contributed by atoms with van der Waals surface area (Å²) in [4.78, 5) is 45.5. The van der Waals surface area contributed by atoms with Crippen molar-refractivity contribution in [1.82, 2.24) is 34.4 Å². The molecule has 1 amide bonds. The standard InChI is InChI=1S/C22H20F2N8O3S/c23-22(24)5-7-31(8-6-22)19(34)15-4-3-14(36-15)16-28-17-11(9-13-18(33)30-21(35)27-13)10-25-32(17)20(29-16)26-12-1-2-12/h3-4,9-10,12,33H,1-2,5-8H2,(H2,27,30,35)/b11-9-,26-20?. The lowest BCUT2D eigenvalue weighted by molar-refractivity contribution is -0.0493. The fourth-order valence-corrected chi connectivity index (χ4v) is 4.86. The molecule has 0 bridgehead atoms. The van der Waals surface area contributed by atoms with E-state index in [-0.39, 0.29) is 49.5 Å². The van der Waals surface area contributed by atoms with Crippen molar-refractivity contribution in [3.05, 3.63) is 50.2 Å². The number of likely N-dealkylation sites (tertiary alicyclic amines) is 1. The van der Waals surface area contributed by atoms with Gasteiger partial charge in [0, 0.05) is 31.1 Å². The maximum Gasteiger partial charge on any atom is 0.326 e. The Labute approximate surface area is 204 Å². The van der Waals surface area contributed by atoms with E-state index in [1.54, 1.807) is 12.1 Å². The molecule has 14 heteroatoms. The van der Waals surface area contributed by atoms with Gasteiger partial charge in [0.15, 0.2) is 11.5 Å². The number of nitrogens with zero attached hydrogens (tertiary/aromatic N) is 6. The quantitative estimate of drug-likeness (QED) is 0.371. The highest BCUT2D eigenvalue weighted by Crippen LogP contribution is 2.31. The number of halogens is 2. The molecular weight excluding hydrogens is 494 g/mol. The summed E-state index contributed by atoms with van der Waals surface area (Å²) in [6.45, 7) is 0.0180. The molecule has 2 aliphatic rings. The van der Waals surface area contributed by atoms with Crippen molar-refractivity contribution < 1.29 is 18.7 Å². The zero-order valence-corrected chi connectivity index (χ0v) is 19.6. The van der Waals surface area contributed by atoms with E-state index in [2.05, 4.69) is 30.0 Å². The van der Waals surface area contributed by atoms with E-state index in [9.17, 15) is 23.5 Å². The second-order valence-electron chi connectivity index (χ2n) is 8.84. The highest BCUT2D eigenvalue weighted by Gasteiger charge is 2.36. The summed E-state index contributed by atoms with van der Waals surface area (Å²) >= 11 is 1.18. The summed E-state index contributed by atoms with van der Waals surface area (Å²) in [5, 5.41) is 14.8. The maximum absolute atomic E-state index is 13.5. The monoisotopic (exact) mass is 514 g/mol. The molecule has 1 saturated heterocycles. The Hall–Kier alpha value is -3.94. The predicted molar refractivity (Wildman–Crippen MR) is 125 cm³/mol. The number of carbonyl (C=O) groups excluding carboxylic acids is 1. The van der Waals surface area contributed by atoms with Crippen LogP contribution >= 0.6 is 11.3 Å². The zero-order chi connectivity index (χ0) is 25.0. The number of imidazole rings is 1. The lowest BCUT2D eigenvalue weighted by Crippen LogP contribution is -2.42. The van der Waals surface area contributed by atoms with Crippen LogP contribution in [0.25, 0.3) is 22.4 Å². The summed E-state index contributed by atoms with van der Waals surface area (Å²) < 4.78 is 28.5. The molecule has 11 nitrogen and oxygen atoms in total. The van der Waals surface area contributed by atoms with Gasteiger partial charge in [0.25, 0.3) is 11.8 Å². The Balaban J connectivity index is 1.40. The molecule has 186 valence electrons. The second-order valence-corrected chi connectivity index (χ2v) is 9.92. The van der Waals surface area contributed by atoms with Gasteiger partial charge in [-0.1, -0.05) is 0 Å². The van der Waals surface area contributed by atoms with Gasteiger partial charge in [0.2, 0.25) is 11.5 Å². The van der Waals surface area contributed by atoms with E-state index in [1.165, 1.54) is 33.0 Å². The number of H-pyrrole nitrogens is 2. The van der Waals surface area contributed by atoms with Gasteiger partial charge in [-0.25, -0.2) is 23.6 Å². The van der Waals surface area contributed by atoms with Crippen LogP contribution in [0.5, 0.6) is 5.88 Å². The summed E-state index contributed by atoms with van der Waals surface area (Å²) in [6, 6.07) is 3.51. The first-order valence-corrected chi connectivity index (χ1v) is 12.2. The van der Waals surface area contributed by atoms with Gasteiger partial charge in [-0.05, 0) is 31.1 Å². The number of alkyl halides is 2. The molecule has 5 heterocycles. The highest BCUT2D eigenvalue weighted by atomic mass is 32.1.